The molecular formula is C11H16O4. The van der Waals surface area contributed by atoms with Crippen LogP contribution >= 0.6 is 0 Å². The van der Waals surface area contributed by atoms with Crippen LogP contribution in [0.2, 0.25) is 0 Å². The number of hydrogen-bond acceptors (Lipinski definition) is 4. The van der Waals surface area contributed by atoms with E-state index in [1.54, 1.807) is 25.3 Å². The summed E-state index contributed by atoms with van der Waals surface area (Å²) in [5.74, 6) is -1.07. The summed E-state index contributed by atoms with van der Waals surface area (Å²) in [6.45, 7) is 2.45. The van der Waals surface area contributed by atoms with E-state index in [2.05, 4.69) is 4.74 Å². The maximum Gasteiger partial charge on any atom is 0.337 e. The highest BCUT2D eigenvalue weighted by Crippen LogP contribution is 2.26. The van der Waals surface area contributed by atoms with Gasteiger partial charge in [0.25, 0.3) is 0 Å². The van der Waals surface area contributed by atoms with Crippen LogP contribution < -0.4 is 0 Å². The molecule has 1 aliphatic carbocycles. The minimum Gasteiger partial charge on any atom is -0.465 e. The zero-order valence-corrected chi connectivity index (χ0v) is 9.28. The molecule has 4 heteroatoms. The summed E-state index contributed by atoms with van der Waals surface area (Å²) in [6.07, 6.45) is 5.67. The standard InChI is InChI=1S/C11H16O4/c1-4-15-11(14-3)7-5-9(6-8-11)10(12)13-2/h5-7H,4,8H2,1-3H3. The molecule has 0 aliphatic heterocycles. The number of methoxy groups -OCH3 is 2. The Morgan fingerprint density at radius 1 is 1.53 bits per heavy atom. The second-order valence-electron chi connectivity index (χ2n) is 3.14. The molecular weight excluding hydrogens is 196 g/mol. The topological polar surface area (TPSA) is 44.8 Å². The number of carbonyl (C=O) groups excluding carboxylic acids is 1. The van der Waals surface area contributed by atoms with E-state index in [0.29, 0.717) is 18.6 Å². The molecule has 4 nitrogen and oxygen atoms in total. The van der Waals surface area contributed by atoms with Gasteiger partial charge in [-0.15, -0.1) is 0 Å². The van der Waals surface area contributed by atoms with Gasteiger partial charge in [-0.1, -0.05) is 6.08 Å². The Hall–Kier alpha value is -1.13. The number of esters is 1. The third kappa shape index (κ3) is 2.67. The minimum absolute atomic E-state index is 0.340. The van der Waals surface area contributed by atoms with Gasteiger partial charge in [0, 0.05) is 20.1 Å². The fraction of sp³-hybridized carbons (Fsp3) is 0.545. The minimum atomic E-state index is -0.730. The number of carbonyl (C=O) groups is 1. The van der Waals surface area contributed by atoms with Crippen molar-refractivity contribution in [1.29, 1.82) is 0 Å². The first-order chi connectivity index (χ1) is 7.17. The SMILES string of the molecule is CCOC1(OC)C=CC(C(=O)OC)=CC1. The summed E-state index contributed by atoms with van der Waals surface area (Å²) in [6, 6.07) is 0. The van der Waals surface area contributed by atoms with Crippen LogP contribution in [0.3, 0.4) is 0 Å². The largest absolute Gasteiger partial charge is 0.465 e. The van der Waals surface area contributed by atoms with E-state index < -0.39 is 5.79 Å². The highest BCUT2D eigenvalue weighted by atomic mass is 16.7. The highest BCUT2D eigenvalue weighted by molar-refractivity contribution is 5.91. The third-order valence-corrected chi connectivity index (χ3v) is 2.28. The van der Waals surface area contributed by atoms with Crippen molar-refractivity contribution < 1.29 is 19.0 Å². The van der Waals surface area contributed by atoms with Gasteiger partial charge < -0.3 is 14.2 Å². The van der Waals surface area contributed by atoms with Crippen molar-refractivity contribution >= 4 is 5.97 Å². The van der Waals surface area contributed by atoms with Crippen molar-refractivity contribution in [2.24, 2.45) is 0 Å². The Bertz CT molecular complexity index is 293. The second kappa shape index (κ2) is 5.09. The van der Waals surface area contributed by atoms with Crippen molar-refractivity contribution in [3.8, 4) is 0 Å². The van der Waals surface area contributed by atoms with Crippen molar-refractivity contribution in [2.75, 3.05) is 20.8 Å². The van der Waals surface area contributed by atoms with Gasteiger partial charge in [-0.3, -0.25) is 0 Å². The van der Waals surface area contributed by atoms with Crippen molar-refractivity contribution in [3.05, 3.63) is 23.8 Å². The average Bonchev–Trinajstić information content (AvgIpc) is 2.29. The Kier molecular flexibility index (Phi) is 4.05. The molecule has 0 fully saturated rings. The quantitative estimate of drug-likeness (QED) is 0.522. The van der Waals surface area contributed by atoms with Crippen molar-refractivity contribution in [1.82, 2.24) is 0 Å². The molecule has 1 unspecified atom stereocenters. The van der Waals surface area contributed by atoms with E-state index in [4.69, 9.17) is 9.47 Å². The first kappa shape index (κ1) is 11.9. The first-order valence-corrected chi connectivity index (χ1v) is 4.84. The van der Waals surface area contributed by atoms with Crippen LogP contribution in [-0.2, 0) is 19.0 Å². The molecule has 84 valence electrons. The molecule has 0 aromatic rings. The highest BCUT2D eigenvalue weighted by Gasteiger charge is 2.29. The monoisotopic (exact) mass is 212 g/mol. The summed E-state index contributed by atoms with van der Waals surface area (Å²) >= 11 is 0. The summed E-state index contributed by atoms with van der Waals surface area (Å²) in [7, 11) is 2.94. The van der Waals surface area contributed by atoms with Crippen LogP contribution in [0.25, 0.3) is 0 Å². The maximum atomic E-state index is 11.2. The van der Waals surface area contributed by atoms with Crippen LogP contribution in [0.1, 0.15) is 13.3 Å². The van der Waals surface area contributed by atoms with Crippen LogP contribution in [0.4, 0.5) is 0 Å². The van der Waals surface area contributed by atoms with Gasteiger partial charge in [-0.05, 0) is 19.1 Å². The molecule has 0 bridgehead atoms. The second-order valence-corrected chi connectivity index (χ2v) is 3.14. The molecule has 0 heterocycles. The van der Waals surface area contributed by atoms with E-state index in [0.717, 1.165) is 0 Å². The van der Waals surface area contributed by atoms with E-state index in [1.807, 2.05) is 6.92 Å². The van der Waals surface area contributed by atoms with Gasteiger partial charge >= 0.3 is 5.97 Å². The van der Waals surface area contributed by atoms with Crippen LogP contribution in [0.5, 0.6) is 0 Å². The molecule has 1 aliphatic rings. The van der Waals surface area contributed by atoms with E-state index >= 15 is 0 Å². The Labute approximate surface area is 89.5 Å². The number of ether oxygens (including phenoxy) is 3. The lowest BCUT2D eigenvalue weighted by Crippen LogP contribution is -2.33. The lowest BCUT2D eigenvalue weighted by Gasteiger charge is -2.30. The zero-order chi connectivity index (χ0) is 11.3. The predicted octanol–water partition coefficient (Wildman–Crippen LogP) is 1.42. The lowest BCUT2D eigenvalue weighted by molar-refractivity contribution is -0.183. The molecule has 0 aromatic carbocycles. The summed E-state index contributed by atoms with van der Waals surface area (Å²) in [4.78, 5) is 11.2. The molecule has 0 saturated carbocycles. The van der Waals surface area contributed by atoms with E-state index in [1.165, 1.54) is 7.11 Å². The first-order valence-electron chi connectivity index (χ1n) is 4.84. The van der Waals surface area contributed by atoms with E-state index in [-0.39, 0.29) is 5.97 Å². The molecule has 0 amide bonds. The molecule has 1 atom stereocenters. The maximum absolute atomic E-state index is 11.2. The molecule has 0 N–H and O–H groups in total. The van der Waals surface area contributed by atoms with Crippen LogP contribution in [0, 0.1) is 0 Å². The molecule has 15 heavy (non-hydrogen) atoms. The van der Waals surface area contributed by atoms with Gasteiger partial charge in [-0.25, -0.2) is 4.79 Å². The molecule has 0 radical (unpaired) electrons. The summed E-state index contributed by atoms with van der Waals surface area (Å²) in [5, 5.41) is 0. The van der Waals surface area contributed by atoms with Gasteiger partial charge in [-0.2, -0.15) is 0 Å². The smallest absolute Gasteiger partial charge is 0.337 e. The van der Waals surface area contributed by atoms with E-state index in [9.17, 15) is 4.79 Å². The Morgan fingerprint density at radius 2 is 2.27 bits per heavy atom. The summed E-state index contributed by atoms with van der Waals surface area (Å²) in [5.41, 5.74) is 0.532. The molecule has 0 spiro atoms. The average molecular weight is 212 g/mol. The van der Waals surface area contributed by atoms with Crippen molar-refractivity contribution in [2.45, 2.75) is 19.1 Å². The van der Waals surface area contributed by atoms with Gasteiger partial charge in [0.05, 0.1) is 12.7 Å². The van der Waals surface area contributed by atoms with Crippen LogP contribution in [-0.4, -0.2) is 32.6 Å². The number of hydrogen-bond donors (Lipinski definition) is 0. The number of rotatable bonds is 4. The molecule has 0 saturated heterocycles. The van der Waals surface area contributed by atoms with Gasteiger partial charge in [0.15, 0.2) is 5.79 Å². The Balaban J connectivity index is 2.72. The third-order valence-electron chi connectivity index (χ3n) is 2.28. The fourth-order valence-electron chi connectivity index (χ4n) is 1.44. The van der Waals surface area contributed by atoms with Gasteiger partial charge in [0.2, 0.25) is 0 Å². The summed E-state index contributed by atoms with van der Waals surface area (Å²) < 4.78 is 15.4. The van der Waals surface area contributed by atoms with Crippen molar-refractivity contribution in [3.63, 3.8) is 0 Å². The molecule has 0 aromatic heterocycles. The van der Waals surface area contributed by atoms with Gasteiger partial charge in [0.1, 0.15) is 0 Å². The normalized spacial score (nSPS) is 24.9. The zero-order valence-electron chi connectivity index (χ0n) is 9.28. The lowest BCUT2D eigenvalue weighted by atomic mass is 10.0. The predicted molar refractivity (Wildman–Crippen MR) is 55.2 cm³/mol. The Morgan fingerprint density at radius 3 is 2.67 bits per heavy atom. The molecule has 1 rings (SSSR count). The van der Waals surface area contributed by atoms with Crippen LogP contribution in [0.15, 0.2) is 23.8 Å². The fourth-order valence-corrected chi connectivity index (χ4v) is 1.44.